The average Bonchev–Trinajstić information content (AvgIpc) is 4.02. The SMILES string of the molecule is c1ccc(-c2csc3c(-c4ccccc4)nc(-n4c5ccc(-c6cccc7c8c9ccccc9ccc8n(-c8ccccc8)c67)cc5c5c6ccccc6ccc54)nc23)cc1. The van der Waals surface area contributed by atoms with Crippen LogP contribution in [0.2, 0.25) is 0 Å². The lowest BCUT2D eigenvalue weighted by atomic mass is 9.97. The van der Waals surface area contributed by atoms with Crippen LogP contribution >= 0.6 is 11.3 Å². The summed E-state index contributed by atoms with van der Waals surface area (Å²) >= 11 is 1.71. The second-order valence-corrected chi connectivity index (χ2v) is 16.6. The van der Waals surface area contributed by atoms with Gasteiger partial charge in [0.05, 0.1) is 38.0 Å². The summed E-state index contributed by atoms with van der Waals surface area (Å²) in [7, 11) is 0. The van der Waals surface area contributed by atoms with E-state index < -0.39 is 0 Å². The van der Waals surface area contributed by atoms with Gasteiger partial charge in [0.15, 0.2) is 0 Å². The van der Waals surface area contributed by atoms with Crippen molar-refractivity contribution in [3.8, 4) is 45.1 Å². The van der Waals surface area contributed by atoms with Gasteiger partial charge in [-0.3, -0.25) is 4.57 Å². The van der Waals surface area contributed by atoms with Crippen molar-refractivity contribution in [2.24, 2.45) is 0 Å². The van der Waals surface area contributed by atoms with Gasteiger partial charge < -0.3 is 4.57 Å². The molecule has 0 unspecified atom stereocenters. The first kappa shape index (κ1) is 34.0. The monoisotopic (exact) mass is 794 g/mol. The number of para-hydroxylation sites is 2. The Labute approximate surface area is 354 Å². The molecule has 0 fully saturated rings. The number of hydrogen-bond donors (Lipinski definition) is 0. The van der Waals surface area contributed by atoms with Gasteiger partial charge in [0.1, 0.15) is 0 Å². The average molecular weight is 795 g/mol. The number of aromatic nitrogens is 4. The van der Waals surface area contributed by atoms with Crippen molar-refractivity contribution in [2.45, 2.75) is 0 Å². The Kier molecular flexibility index (Phi) is 7.44. The van der Waals surface area contributed by atoms with E-state index in [9.17, 15) is 0 Å². The van der Waals surface area contributed by atoms with Gasteiger partial charge in [-0.15, -0.1) is 11.3 Å². The summed E-state index contributed by atoms with van der Waals surface area (Å²) in [6.07, 6.45) is 0. The maximum absolute atomic E-state index is 5.50. The normalized spacial score (nSPS) is 11.9. The van der Waals surface area contributed by atoms with Gasteiger partial charge in [-0.25, -0.2) is 9.97 Å². The Morgan fingerprint density at radius 1 is 0.393 bits per heavy atom. The molecule has 4 heterocycles. The highest BCUT2D eigenvalue weighted by Crippen LogP contribution is 2.45. The molecule has 13 aromatic rings. The molecule has 0 N–H and O–H groups in total. The smallest absolute Gasteiger partial charge is 0.235 e. The third-order valence-corrected chi connectivity index (χ3v) is 13.4. The van der Waals surface area contributed by atoms with E-state index in [0.29, 0.717) is 5.95 Å². The van der Waals surface area contributed by atoms with Crippen LogP contribution in [-0.2, 0) is 0 Å². The molecule has 9 aromatic carbocycles. The first-order valence-corrected chi connectivity index (χ1v) is 21.5. The number of thiophene rings is 1. The number of benzene rings is 9. The zero-order valence-corrected chi connectivity index (χ0v) is 33.6. The van der Waals surface area contributed by atoms with Crippen molar-refractivity contribution in [1.82, 2.24) is 19.1 Å². The van der Waals surface area contributed by atoms with Gasteiger partial charge in [0.2, 0.25) is 5.95 Å². The van der Waals surface area contributed by atoms with Gasteiger partial charge in [-0.2, -0.15) is 0 Å². The molecule has 5 heteroatoms. The lowest BCUT2D eigenvalue weighted by Gasteiger charge is -2.12. The van der Waals surface area contributed by atoms with Crippen LogP contribution in [-0.4, -0.2) is 19.1 Å². The summed E-state index contributed by atoms with van der Waals surface area (Å²) in [4.78, 5) is 11.0. The lowest BCUT2D eigenvalue weighted by molar-refractivity contribution is 1.02. The van der Waals surface area contributed by atoms with Crippen LogP contribution in [0, 0.1) is 0 Å². The molecule has 0 amide bonds. The third kappa shape index (κ3) is 5.11. The number of rotatable bonds is 5. The molecular formula is C56H34N4S. The largest absolute Gasteiger partial charge is 0.309 e. The Morgan fingerprint density at radius 3 is 1.70 bits per heavy atom. The molecular weight excluding hydrogens is 761 g/mol. The predicted molar refractivity (Wildman–Crippen MR) is 257 cm³/mol. The summed E-state index contributed by atoms with van der Waals surface area (Å²) in [6, 6.07) is 72.1. The fraction of sp³-hybridized carbons (Fsp3) is 0. The molecule has 0 radical (unpaired) electrons. The summed E-state index contributed by atoms with van der Waals surface area (Å²) < 4.78 is 5.82. The summed E-state index contributed by atoms with van der Waals surface area (Å²) in [6.45, 7) is 0. The third-order valence-electron chi connectivity index (χ3n) is 12.4. The second kappa shape index (κ2) is 13.3. The van der Waals surface area contributed by atoms with Gasteiger partial charge in [-0.1, -0.05) is 164 Å². The predicted octanol–water partition coefficient (Wildman–Crippen LogP) is 15.2. The minimum absolute atomic E-state index is 0.656. The number of hydrogen-bond acceptors (Lipinski definition) is 3. The number of fused-ring (bicyclic) bond motifs is 11. The van der Waals surface area contributed by atoms with Crippen LogP contribution in [0.3, 0.4) is 0 Å². The van der Waals surface area contributed by atoms with E-state index in [-0.39, 0.29) is 0 Å². The highest BCUT2D eigenvalue weighted by molar-refractivity contribution is 7.18. The molecule has 0 aliphatic carbocycles. The molecule has 0 aliphatic rings. The molecule has 61 heavy (non-hydrogen) atoms. The maximum atomic E-state index is 5.50. The van der Waals surface area contributed by atoms with E-state index in [1.54, 1.807) is 11.3 Å². The van der Waals surface area contributed by atoms with Gasteiger partial charge >= 0.3 is 0 Å². The first-order valence-electron chi connectivity index (χ1n) is 20.7. The topological polar surface area (TPSA) is 35.6 Å². The van der Waals surface area contributed by atoms with Crippen LogP contribution in [0.4, 0.5) is 0 Å². The molecule has 284 valence electrons. The van der Waals surface area contributed by atoms with Crippen LogP contribution < -0.4 is 0 Å². The van der Waals surface area contributed by atoms with Crippen LogP contribution in [0.5, 0.6) is 0 Å². The van der Waals surface area contributed by atoms with E-state index in [1.165, 1.54) is 54.3 Å². The molecule has 0 aliphatic heterocycles. The van der Waals surface area contributed by atoms with E-state index in [2.05, 4.69) is 215 Å². The molecule has 0 spiro atoms. The molecule has 0 bridgehead atoms. The first-order chi connectivity index (χ1) is 30.3. The Morgan fingerprint density at radius 2 is 0.984 bits per heavy atom. The van der Waals surface area contributed by atoms with Crippen molar-refractivity contribution in [3.05, 3.63) is 206 Å². The minimum Gasteiger partial charge on any atom is -0.309 e. The van der Waals surface area contributed by atoms with Crippen molar-refractivity contribution in [2.75, 3.05) is 0 Å². The lowest BCUT2D eigenvalue weighted by Crippen LogP contribution is -2.03. The van der Waals surface area contributed by atoms with E-state index in [0.717, 1.165) is 60.3 Å². The Hall–Kier alpha value is -7.86. The van der Waals surface area contributed by atoms with Crippen molar-refractivity contribution in [1.29, 1.82) is 0 Å². The standard InChI is InChI=1S/C56H34N4S/c1-4-15-35(16-5-1)46-34-61-55-52(38-19-6-2-7-20-38)57-56(58-53(46)55)60-47-30-29-39(33-45(47)51-42-24-13-11-18-37(42)28-32-49(51)60)43-25-14-26-44-50-41-23-12-10-17-36(41)27-31-48(50)59(54(43)44)40-21-8-3-9-22-40/h1-34H. The summed E-state index contributed by atoms with van der Waals surface area (Å²) in [5.74, 6) is 0.656. The number of nitrogens with zero attached hydrogens (tertiary/aromatic N) is 4. The van der Waals surface area contributed by atoms with Crippen LogP contribution in [0.1, 0.15) is 0 Å². The van der Waals surface area contributed by atoms with Gasteiger partial charge in [0, 0.05) is 49.3 Å². The Balaban J connectivity index is 1.13. The van der Waals surface area contributed by atoms with E-state index in [4.69, 9.17) is 9.97 Å². The molecule has 4 nitrogen and oxygen atoms in total. The summed E-state index contributed by atoms with van der Waals surface area (Å²) in [5.41, 5.74) is 13.2. The van der Waals surface area contributed by atoms with Crippen LogP contribution in [0.25, 0.3) is 121 Å². The summed E-state index contributed by atoms with van der Waals surface area (Å²) in [5, 5.41) is 12.0. The molecule has 4 aromatic heterocycles. The van der Waals surface area contributed by atoms with Crippen molar-refractivity contribution in [3.63, 3.8) is 0 Å². The van der Waals surface area contributed by atoms with Crippen molar-refractivity contribution >= 4 is 86.7 Å². The second-order valence-electron chi connectivity index (χ2n) is 15.7. The van der Waals surface area contributed by atoms with E-state index >= 15 is 0 Å². The van der Waals surface area contributed by atoms with Gasteiger partial charge in [0.25, 0.3) is 0 Å². The Bertz CT molecular complexity index is 3860. The molecule has 0 saturated carbocycles. The molecule has 13 rings (SSSR count). The highest BCUT2D eigenvalue weighted by atomic mass is 32.1. The maximum Gasteiger partial charge on any atom is 0.235 e. The minimum atomic E-state index is 0.656. The fourth-order valence-electron chi connectivity index (χ4n) is 9.71. The van der Waals surface area contributed by atoms with Crippen molar-refractivity contribution < 1.29 is 0 Å². The molecule has 0 saturated heterocycles. The zero-order chi connectivity index (χ0) is 40.0. The fourth-order valence-corrected chi connectivity index (χ4v) is 10.7. The quantitative estimate of drug-likeness (QED) is 0.174. The highest BCUT2D eigenvalue weighted by Gasteiger charge is 2.23. The zero-order valence-electron chi connectivity index (χ0n) is 32.8. The van der Waals surface area contributed by atoms with Gasteiger partial charge in [-0.05, 0) is 69.1 Å². The van der Waals surface area contributed by atoms with Crippen LogP contribution in [0.15, 0.2) is 206 Å². The molecule has 0 atom stereocenters. The van der Waals surface area contributed by atoms with E-state index in [1.807, 2.05) is 0 Å².